The number of benzene rings is 1. The molecule has 15 heteroatoms. The Balaban J connectivity index is 2.38. The van der Waals surface area contributed by atoms with Gasteiger partial charge in [0.15, 0.2) is 5.13 Å². The summed E-state index contributed by atoms with van der Waals surface area (Å²) >= 11 is 0.867. The number of fused-ring (bicyclic) bond motifs is 1. The summed E-state index contributed by atoms with van der Waals surface area (Å²) in [6.45, 7) is 7.56. The van der Waals surface area contributed by atoms with E-state index in [1.165, 1.54) is 19.9 Å². The third-order valence-corrected chi connectivity index (χ3v) is 7.68. The predicted octanol–water partition coefficient (Wildman–Crippen LogP) is 4.49. The highest BCUT2D eigenvalue weighted by molar-refractivity contribution is 7.62. The van der Waals surface area contributed by atoms with Gasteiger partial charge in [0.25, 0.3) is 0 Å². The normalized spacial score (nSPS) is 16.5. The van der Waals surface area contributed by atoms with Crippen LogP contribution in [0.4, 0.5) is 18.3 Å². The summed E-state index contributed by atoms with van der Waals surface area (Å²) in [6, 6.07) is 2.38. The first-order chi connectivity index (χ1) is 15.6. The van der Waals surface area contributed by atoms with Crippen LogP contribution in [-0.4, -0.2) is 46.1 Å². The lowest BCUT2D eigenvalue weighted by Crippen LogP contribution is -2.51. The lowest BCUT2D eigenvalue weighted by atomic mass is 10.0. The number of hydrogen-bond acceptors (Lipinski definition) is 7. The van der Waals surface area contributed by atoms with Gasteiger partial charge in [0.05, 0.1) is 16.3 Å². The molecule has 0 bridgehead atoms. The van der Waals surface area contributed by atoms with E-state index in [4.69, 9.17) is 4.74 Å². The highest BCUT2D eigenvalue weighted by Gasteiger charge is 2.41. The maximum absolute atomic E-state index is 13.8. The smallest absolute Gasteiger partial charge is 0.480 e. The van der Waals surface area contributed by atoms with Gasteiger partial charge in [0, 0.05) is 6.07 Å². The second-order valence-electron chi connectivity index (χ2n) is 7.86. The number of carboxylic acids is 1. The first-order valence-electron chi connectivity index (χ1n) is 10.1. The number of anilines is 1. The highest BCUT2D eigenvalue weighted by Crippen LogP contribution is 2.43. The molecule has 0 aliphatic heterocycles. The molecule has 0 fully saturated rings. The summed E-state index contributed by atoms with van der Waals surface area (Å²) in [6.07, 6.45) is -5.27. The van der Waals surface area contributed by atoms with Crippen molar-refractivity contribution in [3.63, 3.8) is 0 Å². The van der Waals surface area contributed by atoms with Gasteiger partial charge in [-0.15, -0.1) is 13.2 Å². The zero-order chi connectivity index (χ0) is 25.9. The lowest BCUT2D eigenvalue weighted by Gasteiger charge is -2.32. The van der Waals surface area contributed by atoms with Crippen LogP contribution in [0.25, 0.3) is 10.2 Å². The maximum Gasteiger partial charge on any atom is 0.573 e. The van der Waals surface area contributed by atoms with Gasteiger partial charge in [-0.3, -0.25) is 19.2 Å². The van der Waals surface area contributed by atoms with Gasteiger partial charge in [0.1, 0.15) is 17.3 Å². The minimum absolute atomic E-state index is 0.00996. The zero-order valence-electron chi connectivity index (χ0n) is 19.0. The molecule has 0 radical (unpaired) electrons. The van der Waals surface area contributed by atoms with Gasteiger partial charge in [0.2, 0.25) is 0 Å². The largest absolute Gasteiger partial charge is 0.573 e. The lowest BCUT2D eigenvalue weighted by molar-refractivity contribution is -0.274. The van der Waals surface area contributed by atoms with Crippen LogP contribution < -0.4 is 20.0 Å². The van der Waals surface area contributed by atoms with Crippen LogP contribution in [0.2, 0.25) is 0 Å². The molecule has 0 spiro atoms. The van der Waals surface area contributed by atoms with E-state index in [-0.39, 0.29) is 17.1 Å². The molecule has 0 aliphatic rings. The molecule has 10 nitrogen and oxygen atoms in total. The van der Waals surface area contributed by atoms with Crippen molar-refractivity contribution in [1.29, 1.82) is 0 Å². The Labute approximate surface area is 197 Å². The number of hydrogen-bond donors (Lipinski definition) is 4. The number of carbonyl (C=O) groups excluding carboxylic acids is 1. The first-order valence-corrected chi connectivity index (χ1v) is 12.6. The van der Waals surface area contributed by atoms with E-state index >= 15 is 0 Å². The second kappa shape index (κ2) is 10.5. The van der Waals surface area contributed by atoms with Gasteiger partial charge >= 0.3 is 25.9 Å². The summed E-state index contributed by atoms with van der Waals surface area (Å²) in [5.74, 6) is -2.45. The molecule has 2 aromatic rings. The van der Waals surface area contributed by atoms with Gasteiger partial charge in [-0.05, 0) is 46.2 Å². The molecular formula is C19H26F3N4O6PS. The molecule has 1 aromatic heterocycles. The monoisotopic (exact) mass is 526 g/mol. The van der Waals surface area contributed by atoms with E-state index in [1.54, 1.807) is 20.8 Å². The van der Waals surface area contributed by atoms with Crippen LogP contribution >= 0.6 is 18.9 Å². The summed E-state index contributed by atoms with van der Waals surface area (Å²) in [7, 11) is -4.08. The molecule has 34 heavy (non-hydrogen) atoms. The highest BCUT2D eigenvalue weighted by atomic mass is 32.1. The van der Waals surface area contributed by atoms with Crippen molar-refractivity contribution in [1.82, 2.24) is 15.2 Å². The molecule has 0 saturated carbocycles. The number of esters is 1. The molecule has 190 valence electrons. The molecule has 0 saturated heterocycles. The molecule has 2 unspecified atom stereocenters. The average molecular weight is 526 g/mol. The number of thiazole rings is 1. The van der Waals surface area contributed by atoms with Gasteiger partial charge in [-0.1, -0.05) is 18.3 Å². The number of aliphatic carboxylic acids is 1. The number of rotatable bonds is 11. The zero-order valence-corrected chi connectivity index (χ0v) is 20.7. The summed E-state index contributed by atoms with van der Waals surface area (Å²) in [5, 5.41) is 17.3. The molecule has 1 heterocycles. The Morgan fingerprint density at radius 2 is 1.91 bits per heavy atom. The Kier molecular flexibility index (Phi) is 8.57. The van der Waals surface area contributed by atoms with Crippen LogP contribution in [0.3, 0.4) is 0 Å². The quantitative estimate of drug-likeness (QED) is 0.245. The van der Waals surface area contributed by atoms with Crippen LogP contribution in [0.15, 0.2) is 18.2 Å². The van der Waals surface area contributed by atoms with Crippen molar-refractivity contribution in [2.75, 3.05) is 5.09 Å². The molecule has 3 atom stereocenters. The molecule has 0 amide bonds. The van der Waals surface area contributed by atoms with E-state index in [2.05, 4.69) is 25.0 Å². The van der Waals surface area contributed by atoms with E-state index in [0.29, 0.717) is 4.70 Å². The van der Waals surface area contributed by atoms with Crippen molar-refractivity contribution in [3.05, 3.63) is 18.2 Å². The van der Waals surface area contributed by atoms with Crippen LogP contribution in [0.5, 0.6) is 5.75 Å². The standard InChI is InChI=1S/C19H26F3N4O6PS/c1-6-18(5,16(28)29)26-33(30,24-11(4)15(27)31-10(2)3)25-17-23-13-8-7-12(9-14(13)34-17)32-19(20,21)22/h7-11H,6H2,1-5H3,(H,28,29)(H3,23,24,25,26,30)/t11-,18?,33?/m0/s1. The first kappa shape index (κ1) is 27.8. The van der Waals surface area contributed by atoms with Crippen molar-refractivity contribution in [2.45, 2.75) is 65.1 Å². The number of carbonyl (C=O) groups is 2. The van der Waals surface area contributed by atoms with E-state index < -0.39 is 49.3 Å². The number of carboxylic acid groups (broad SMARTS) is 1. The van der Waals surface area contributed by atoms with Crippen molar-refractivity contribution >= 4 is 46.2 Å². The number of ether oxygens (including phenoxy) is 2. The molecule has 2 rings (SSSR count). The summed E-state index contributed by atoms with van der Waals surface area (Å²) < 4.78 is 60.6. The van der Waals surface area contributed by atoms with Crippen molar-refractivity contribution in [2.24, 2.45) is 0 Å². The molecule has 4 N–H and O–H groups in total. The number of aromatic nitrogens is 1. The SMILES string of the molecule is CCC(C)(NP(=O)(Nc1nc2ccc(OC(F)(F)F)cc2s1)N[C@@H](C)C(=O)OC(C)C)C(=O)O. The minimum atomic E-state index is -4.87. The van der Waals surface area contributed by atoms with E-state index in [9.17, 15) is 32.4 Å². The maximum atomic E-state index is 13.8. The third-order valence-electron chi connectivity index (χ3n) is 4.51. The average Bonchev–Trinajstić information content (AvgIpc) is 3.06. The molecule has 0 aliphatic carbocycles. The van der Waals surface area contributed by atoms with Gasteiger partial charge in [-0.2, -0.15) is 0 Å². The van der Waals surface area contributed by atoms with Crippen molar-refractivity contribution in [3.8, 4) is 5.75 Å². The summed E-state index contributed by atoms with van der Waals surface area (Å²) in [5.41, 5.74) is -1.36. The Morgan fingerprint density at radius 3 is 2.44 bits per heavy atom. The topological polar surface area (TPSA) is 139 Å². The predicted molar refractivity (Wildman–Crippen MR) is 121 cm³/mol. The van der Waals surface area contributed by atoms with Crippen LogP contribution in [-0.2, 0) is 18.9 Å². The fourth-order valence-corrected chi connectivity index (χ4v) is 6.08. The van der Waals surface area contributed by atoms with E-state index in [1.807, 2.05) is 0 Å². The minimum Gasteiger partial charge on any atom is -0.480 e. The van der Waals surface area contributed by atoms with Gasteiger partial charge < -0.3 is 14.6 Å². The fourth-order valence-electron chi connectivity index (χ4n) is 2.66. The Hall–Kier alpha value is -2.41. The number of nitrogens with zero attached hydrogens (tertiary/aromatic N) is 1. The van der Waals surface area contributed by atoms with E-state index in [0.717, 1.165) is 23.5 Å². The number of halogens is 3. The molecular weight excluding hydrogens is 500 g/mol. The van der Waals surface area contributed by atoms with Crippen LogP contribution in [0.1, 0.15) is 41.0 Å². The Morgan fingerprint density at radius 1 is 1.26 bits per heavy atom. The van der Waals surface area contributed by atoms with Crippen LogP contribution in [0, 0.1) is 0 Å². The number of alkyl halides is 3. The Bertz CT molecular complexity index is 1100. The van der Waals surface area contributed by atoms with Crippen molar-refractivity contribution < 1.29 is 41.9 Å². The second-order valence-corrected chi connectivity index (χ2v) is 10.8. The van der Waals surface area contributed by atoms with Gasteiger partial charge in [-0.25, -0.2) is 15.2 Å². The number of nitrogens with one attached hydrogen (secondary N) is 3. The summed E-state index contributed by atoms with van der Waals surface area (Å²) in [4.78, 5) is 28.2. The fraction of sp³-hybridized carbons (Fsp3) is 0.526. The molecule has 1 aromatic carbocycles. The third kappa shape index (κ3) is 7.55.